The quantitative estimate of drug-likeness (QED) is 0.915. The molecule has 1 heterocycles. The lowest BCUT2D eigenvalue weighted by Gasteiger charge is -2.32. The van der Waals surface area contributed by atoms with Crippen molar-refractivity contribution < 1.29 is 9.59 Å². The molecule has 1 saturated carbocycles. The molecule has 1 atom stereocenters. The van der Waals surface area contributed by atoms with Crippen molar-refractivity contribution in [3.8, 4) is 0 Å². The average molecular weight is 280 g/mol. The van der Waals surface area contributed by atoms with Crippen molar-refractivity contribution in [1.29, 1.82) is 0 Å². The van der Waals surface area contributed by atoms with Crippen molar-refractivity contribution in [2.24, 2.45) is 5.92 Å². The summed E-state index contributed by atoms with van der Waals surface area (Å²) in [7, 11) is 0. The maximum atomic E-state index is 12.6. The monoisotopic (exact) mass is 280 g/mol. The van der Waals surface area contributed by atoms with Crippen molar-refractivity contribution >= 4 is 28.3 Å². The molecular weight excluding hydrogens is 264 g/mol. The first-order valence-electron chi connectivity index (χ1n) is 7.32. The Kier molecular flexibility index (Phi) is 2.70. The van der Waals surface area contributed by atoms with Gasteiger partial charge in [0.15, 0.2) is 0 Å². The molecule has 2 amide bonds. The van der Waals surface area contributed by atoms with E-state index in [4.69, 9.17) is 0 Å². The van der Waals surface area contributed by atoms with E-state index in [-0.39, 0.29) is 24.4 Å². The van der Waals surface area contributed by atoms with Crippen molar-refractivity contribution in [3.63, 3.8) is 0 Å². The highest BCUT2D eigenvalue weighted by Gasteiger charge is 2.43. The predicted molar refractivity (Wildman–Crippen MR) is 81.0 cm³/mol. The first kappa shape index (κ1) is 12.4. The Balaban J connectivity index is 1.72. The third-order valence-electron chi connectivity index (χ3n) is 4.29. The predicted octanol–water partition coefficient (Wildman–Crippen LogP) is 2.08. The number of nitrogens with one attached hydrogen (secondary N) is 1. The summed E-state index contributed by atoms with van der Waals surface area (Å²) in [5.74, 6) is 0.275. The van der Waals surface area contributed by atoms with Crippen LogP contribution in [0.15, 0.2) is 42.5 Å². The van der Waals surface area contributed by atoms with Gasteiger partial charge in [-0.05, 0) is 41.7 Å². The van der Waals surface area contributed by atoms with Crippen LogP contribution >= 0.6 is 0 Å². The molecule has 106 valence electrons. The highest BCUT2D eigenvalue weighted by Crippen LogP contribution is 2.35. The highest BCUT2D eigenvalue weighted by atomic mass is 16.2. The number of piperazine rings is 1. The molecular formula is C17H16N2O2. The smallest absolute Gasteiger partial charge is 0.250 e. The van der Waals surface area contributed by atoms with Crippen LogP contribution in [0.2, 0.25) is 0 Å². The SMILES string of the molecule is O=C1CN(c2ccc3ccccc3c2)C(=O)C(C2CC2)N1. The van der Waals surface area contributed by atoms with Crippen LogP contribution in [0.4, 0.5) is 5.69 Å². The molecule has 1 saturated heterocycles. The van der Waals surface area contributed by atoms with Crippen molar-refractivity contribution in [3.05, 3.63) is 42.5 Å². The van der Waals surface area contributed by atoms with E-state index in [0.29, 0.717) is 5.92 Å². The lowest BCUT2D eigenvalue weighted by Crippen LogP contribution is -2.59. The van der Waals surface area contributed by atoms with E-state index in [1.807, 2.05) is 42.5 Å². The van der Waals surface area contributed by atoms with Crippen LogP contribution in [0, 0.1) is 5.92 Å². The summed E-state index contributed by atoms with van der Waals surface area (Å²) in [6, 6.07) is 13.6. The number of fused-ring (bicyclic) bond motifs is 1. The summed E-state index contributed by atoms with van der Waals surface area (Å²) in [6.45, 7) is 0.112. The number of benzene rings is 2. The third-order valence-corrected chi connectivity index (χ3v) is 4.29. The molecule has 1 aliphatic heterocycles. The lowest BCUT2D eigenvalue weighted by atomic mass is 10.1. The fraction of sp³-hybridized carbons (Fsp3) is 0.294. The number of anilines is 1. The van der Waals surface area contributed by atoms with Crippen LogP contribution in [0.1, 0.15) is 12.8 Å². The zero-order valence-corrected chi connectivity index (χ0v) is 11.6. The Morgan fingerprint density at radius 3 is 2.52 bits per heavy atom. The third kappa shape index (κ3) is 2.17. The zero-order chi connectivity index (χ0) is 14.4. The van der Waals surface area contributed by atoms with Crippen molar-refractivity contribution in [1.82, 2.24) is 5.32 Å². The minimum absolute atomic E-state index is 0.0207. The van der Waals surface area contributed by atoms with Gasteiger partial charge in [0.25, 0.3) is 0 Å². The van der Waals surface area contributed by atoms with Gasteiger partial charge in [0.1, 0.15) is 12.6 Å². The minimum Gasteiger partial charge on any atom is -0.342 e. The number of rotatable bonds is 2. The normalized spacial score (nSPS) is 22.5. The summed E-state index contributed by atoms with van der Waals surface area (Å²) < 4.78 is 0. The molecule has 2 aromatic carbocycles. The second-order valence-electron chi connectivity index (χ2n) is 5.84. The van der Waals surface area contributed by atoms with E-state index in [1.165, 1.54) is 0 Å². The zero-order valence-electron chi connectivity index (χ0n) is 11.6. The van der Waals surface area contributed by atoms with Gasteiger partial charge in [-0.3, -0.25) is 9.59 Å². The van der Waals surface area contributed by atoms with Gasteiger partial charge in [-0.15, -0.1) is 0 Å². The standard InChI is InChI=1S/C17H16N2O2/c20-15-10-19(17(21)16(18-15)12-5-6-12)14-8-7-11-3-1-2-4-13(11)9-14/h1-4,7-9,12,16H,5-6,10H2,(H,18,20). The molecule has 4 rings (SSSR count). The average Bonchev–Trinajstić information content (AvgIpc) is 3.33. The molecule has 0 spiro atoms. The topological polar surface area (TPSA) is 49.4 Å². The Hall–Kier alpha value is -2.36. The number of hydrogen-bond donors (Lipinski definition) is 1. The molecule has 1 aliphatic carbocycles. The fourth-order valence-corrected chi connectivity index (χ4v) is 2.98. The van der Waals surface area contributed by atoms with Crippen LogP contribution in [-0.4, -0.2) is 24.4 Å². The number of hydrogen-bond acceptors (Lipinski definition) is 2. The Labute approximate surface area is 122 Å². The molecule has 2 aliphatic rings. The van der Waals surface area contributed by atoms with E-state index in [0.717, 1.165) is 29.3 Å². The summed E-state index contributed by atoms with van der Waals surface area (Å²) in [5, 5.41) is 5.05. The molecule has 0 radical (unpaired) electrons. The Bertz CT molecular complexity index is 736. The van der Waals surface area contributed by atoms with Crippen LogP contribution in [-0.2, 0) is 9.59 Å². The molecule has 1 N–H and O–H groups in total. The molecule has 0 bridgehead atoms. The van der Waals surface area contributed by atoms with Gasteiger partial charge < -0.3 is 10.2 Å². The summed E-state index contributed by atoms with van der Waals surface area (Å²) >= 11 is 0. The number of carbonyl (C=O) groups excluding carboxylic acids is 2. The van der Waals surface area contributed by atoms with Gasteiger partial charge in [-0.1, -0.05) is 30.3 Å². The van der Waals surface area contributed by atoms with E-state index in [9.17, 15) is 9.59 Å². The van der Waals surface area contributed by atoms with Crippen LogP contribution < -0.4 is 10.2 Å². The lowest BCUT2D eigenvalue weighted by molar-refractivity contribution is -0.131. The highest BCUT2D eigenvalue weighted by molar-refractivity contribution is 6.07. The molecule has 0 aromatic heterocycles. The van der Waals surface area contributed by atoms with Gasteiger partial charge in [-0.2, -0.15) is 0 Å². The van der Waals surface area contributed by atoms with E-state index in [1.54, 1.807) is 4.90 Å². The molecule has 4 heteroatoms. The maximum absolute atomic E-state index is 12.6. The van der Waals surface area contributed by atoms with Gasteiger partial charge in [-0.25, -0.2) is 0 Å². The summed E-state index contributed by atoms with van der Waals surface area (Å²) in [6.07, 6.45) is 2.06. The van der Waals surface area contributed by atoms with Gasteiger partial charge in [0.2, 0.25) is 11.8 Å². The van der Waals surface area contributed by atoms with Crippen LogP contribution in [0.25, 0.3) is 10.8 Å². The van der Waals surface area contributed by atoms with Crippen molar-refractivity contribution in [2.75, 3.05) is 11.4 Å². The van der Waals surface area contributed by atoms with E-state index < -0.39 is 0 Å². The number of nitrogens with zero attached hydrogens (tertiary/aromatic N) is 1. The molecule has 2 fully saturated rings. The van der Waals surface area contributed by atoms with E-state index in [2.05, 4.69) is 5.32 Å². The van der Waals surface area contributed by atoms with Gasteiger partial charge >= 0.3 is 0 Å². The van der Waals surface area contributed by atoms with E-state index >= 15 is 0 Å². The van der Waals surface area contributed by atoms with Crippen LogP contribution in [0.3, 0.4) is 0 Å². The van der Waals surface area contributed by atoms with Gasteiger partial charge in [0.05, 0.1) is 0 Å². The Morgan fingerprint density at radius 2 is 1.76 bits per heavy atom. The molecule has 1 unspecified atom stereocenters. The second kappa shape index (κ2) is 4.58. The number of carbonyl (C=O) groups is 2. The maximum Gasteiger partial charge on any atom is 0.250 e. The first-order chi connectivity index (χ1) is 10.2. The van der Waals surface area contributed by atoms with Crippen LogP contribution in [0.5, 0.6) is 0 Å². The summed E-state index contributed by atoms with van der Waals surface area (Å²) in [4.78, 5) is 26.1. The second-order valence-corrected chi connectivity index (χ2v) is 5.84. The Morgan fingerprint density at radius 1 is 1.00 bits per heavy atom. The molecule has 4 nitrogen and oxygen atoms in total. The summed E-state index contributed by atoms with van der Waals surface area (Å²) in [5.41, 5.74) is 0.805. The first-order valence-corrected chi connectivity index (χ1v) is 7.32. The van der Waals surface area contributed by atoms with Crippen molar-refractivity contribution in [2.45, 2.75) is 18.9 Å². The largest absolute Gasteiger partial charge is 0.342 e. The molecule has 2 aromatic rings. The van der Waals surface area contributed by atoms with Gasteiger partial charge in [0, 0.05) is 5.69 Å². The number of amides is 2. The molecule has 21 heavy (non-hydrogen) atoms. The minimum atomic E-state index is -0.335. The fourth-order valence-electron chi connectivity index (χ4n) is 2.98.